The molecule has 4 rings (SSSR count). The molecule has 1 amide bonds. The van der Waals surface area contributed by atoms with Crippen molar-refractivity contribution in [2.45, 2.75) is 18.8 Å². The third kappa shape index (κ3) is 3.35. The van der Waals surface area contributed by atoms with Gasteiger partial charge in [0.25, 0.3) is 5.91 Å². The van der Waals surface area contributed by atoms with Gasteiger partial charge in [-0.3, -0.25) is 4.79 Å². The zero-order valence-electron chi connectivity index (χ0n) is 13.8. The second-order valence-electron chi connectivity index (χ2n) is 6.29. The fourth-order valence-electron chi connectivity index (χ4n) is 3.15. The largest absolute Gasteiger partial charge is 0.357 e. The average molecular weight is 375 g/mol. The maximum Gasteiger partial charge on any atom is 0.253 e. The van der Waals surface area contributed by atoms with Crippen molar-refractivity contribution >= 4 is 17.5 Å². The molecule has 0 aliphatic carbocycles. The Labute approximate surface area is 154 Å². The zero-order chi connectivity index (χ0) is 18.1. The molecule has 1 aliphatic rings. The van der Waals surface area contributed by atoms with E-state index in [-0.39, 0.29) is 17.6 Å². The molecule has 26 heavy (non-hydrogen) atoms. The van der Waals surface area contributed by atoms with Gasteiger partial charge in [0.05, 0.1) is 16.6 Å². The quantitative estimate of drug-likeness (QED) is 0.755. The number of benzene rings is 1. The molecule has 1 N–H and O–H groups in total. The lowest BCUT2D eigenvalue weighted by molar-refractivity contribution is 0.0695. The summed E-state index contributed by atoms with van der Waals surface area (Å²) in [6.07, 6.45) is 3.35. The summed E-state index contributed by atoms with van der Waals surface area (Å²) in [6, 6.07) is 7.31. The van der Waals surface area contributed by atoms with E-state index in [1.807, 2.05) is 0 Å². The van der Waals surface area contributed by atoms with E-state index in [0.29, 0.717) is 41.1 Å². The molecular weight excluding hydrogens is 359 g/mol. The van der Waals surface area contributed by atoms with Crippen molar-refractivity contribution in [1.29, 1.82) is 0 Å². The van der Waals surface area contributed by atoms with E-state index in [1.54, 1.807) is 17.2 Å². The standard InChI is InChI=1S/C18H16ClFN4O2/c19-13-8-15(21-9-13)16-22-17(26-23-16)12-2-1-7-24(10-12)18(25)11-3-5-14(20)6-4-11/h3-6,8-9,12,21H,1-2,7,10H2/t12-/m0/s1. The van der Waals surface area contributed by atoms with Gasteiger partial charge in [-0.05, 0) is 43.2 Å². The number of H-pyrrole nitrogens is 1. The Morgan fingerprint density at radius 1 is 1.35 bits per heavy atom. The minimum Gasteiger partial charge on any atom is -0.357 e. The number of carbonyl (C=O) groups is 1. The number of halogens is 2. The van der Waals surface area contributed by atoms with Gasteiger partial charge in [-0.25, -0.2) is 4.39 Å². The first-order valence-electron chi connectivity index (χ1n) is 8.33. The number of piperidine rings is 1. The molecule has 0 unspecified atom stereocenters. The summed E-state index contributed by atoms with van der Waals surface area (Å²) >= 11 is 5.90. The summed E-state index contributed by atoms with van der Waals surface area (Å²) in [6.45, 7) is 1.14. The molecule has 1 atom stereocenters. The van der Waals surface area contributed by atoms with Crippen LogP contribution in [0, 0.1) is 5.82 Å². The van der Waals surface area contributed by atoms with Gasteiger partial charge in [0.2, 0.25) is 11.7 Å². The molecule has 1 saturated heterocycles. The summed E-state index contributed by atoms with van der Waals surface area (Å²) in [7, 11) is 0. The molecule has 1 aliphatic heterocycles. The molecule has 6 nitrogen and oxygen atoms in total. The minimum absolute atomic E-state index is 0.0279. The number of rotatable bonds is 3. The molecule has 1 fully saturated rings. The number of hydrogen-bond donors (Lipinski definition) is 1. The number of hydrogen-bond acceptors (Lipinski definition) is 4. The summed E-state index contributed by atoms with van der Waals surface area (Å²) in [5.41, 5.74) is 1.15. The summed E-state index contributed by atoms with van der Waals surface area (Å²) in [5, 5.41) is 4.56. The monoisotopic (exact) mass is 374 g/mol. The van der Waals surface area contributed by atoms with E-state index < -0.39 is 0 Å². The number of amides is 1. The van der Waals surface area contributed by atoms with Crippen LogP contribution in [0.5, 0.6) is 0 Å². The SMILES string of the molecule is O=C(c1ccc(F)cc1)N1CCC[C@H](c2nc(-c3cc(Cl)c[nH]3)no2)C1. The molecular formula is C18H16ClFN4O2. The molecule has 0 radical (unpaired) electrons. The Bertz CT molecular complexity index is 921. The smallest absolute Gasteiger partial charge is 0.253 e. The van der Waals surface area contributed by atoms with Crippen molar-refractivity contribution in [3.8, 4) is 11.5 Å². The maximum absolute atomic E-state index is 13.1. The highest BCUT2D eigenvalue weighted by Gasteiger charge is 2.29. The normalized spacial score (nSPS) is 17.5. The van der Waals surface area contributed by atoms with E-state index in [9.17, 15) is 9.18 Å². The highest BCUT2D eigenvalue weighted by Crippen LogP contribution is 2.28. The lowest BCUT2D eigenvalue weighted by Crippen LogP contribution is -2.39. The first-order chi connectivity index (χ1) is 12.6. The number of carbonyl (C=O) groups excluding carboxylic acids is 1. The van der Waals surface area contributed by atoms with Gasteiger partial charge in [0, 0.05) is 24.8 Å². The van der Waals surface area contributed by atoms with Crippen molar-refractivity contribution in [2.75, 3.05) is 13.1 Å². The molecule has 3 heterocycles. The fourth-order valence-corrected chi connectivity index (χ4v) is 3.31. The Morgan fingerprint density at radius 2 is 2.15 bits per heavy atom. The number of aromatic amines is 1. The molecule has 0 saturated carbocycles. The maximum atomic E-state index is 13.1. The van der Waals surface area contributed by atoms with Crippen molar-refractivity contribution in [2.24, 2.45) is 0 Å². The van der Waals surface area contributed by atoms with Gasteiger partial charge in [0.1, 0.15) is 5.82 Å². The average Bonchev–Trinajstić information content (AvgIpc) is 3.31. The zero-order valence-corrected chi connectivity index (χ0v) is 14.5. The number of nitrogens with zero attached hydrogens (tertiary/aromatic N) is 3. The molecule has 8 heteroatoms. The number of likely N-dealkylation sites (tertiary alicyclic amines) is 1. The van der Waals surface area contributed by atoms with Crippen LogP contribution in [0.2, 0.25) is 5.02 Å². The Kier molecular flexibility index (Phi) is 4.46. The lowest BCUT2D eigenvalue weighted by atomic mass is 9.97. The third-order valence-corrected chi connectivity index (χ3v) is 4.70. The highest BCUT2D eigenvalue weighted by atomic mass is 35.5. The summed E-state index contributed by atoms with van der Waals surface area (Å²) in [5.74, 6) is 0.433. The first kappa shape index (κ1) is 16.8. The van der Waals surface area contributed by atoms with Gasteiger partial charge in [-0.15, -0.1) is 0 Å². The van der Waals surface area contributed by atoms with Crippen molar-refractivity contribution < 1.29 is 13.7 Å². The summed E-state index contributed by atoms with van der Waals surface area (Å²) in [4.78, 5) is 21.8. The first-order valence-corrected chi connectivity index (χ1v) is 8.70. The molecule has 3 aromatic rings. The van der Waals surface area contributed by atoms with Crippen LogP contribution in [0.25, 0.3) is 11.5 Å². The van der Waals surface area contributed by atoms with Gasteiger partial charge in [0.15, 0.2) is 0 Å². The van der Waals surface area contributed by atoms with Gasteiger partial charge >= 0.3 is 0 Å². The van der Waals surface area contributed by atoms with Crippen LogP contribution in [0.3, 0.4) is 0 Å². The van der Waals surface area contributed by atoms with Gasteiger partial charge in [-0.1, -0.05) is 16.8 Å². The van der Waals surface area contributed by atoms with Crippen LogP contribution in [0.1, 0.15) is 35.0 Å². The Hall–Kier alpha value is -2.67. The Morgan fingerprint density at radius 3 is 2.88 bits per heavy atom. The highest BCUT2D eigenvalue weighted by molar-refractivity contribution is 6.30. The fraction of sp³-hybridized carbons (Fsp3) is 0.278. The van der Waals surface area contributed by atoms with Crippen LogP contribution in [0.4, 0.5) is 4.39 Å². The van der Waals surface area contributed by atoms with Crippen molar-refractivity contribution in [3.05, 3.63) is 58.8 Å². The summed E-state index contributed by atoms with van der Waals surface area (Å²) < 4.78 is 18.5. The van der Waals surface area contributed by atoms with E-state index in [4.69, 9.17) is 16.1 Å². The third-order valence-electron chi connectivity index (χ3n) is 4.48. The van der Waals surface area contributed by atoms with E-state index in [2.05, 4.69) is 15.1 Å². The van der Waals surface area contributed by atoms with E-state index >= 15 is 0 Å². The molecule has 134 valence electrons. The second kappa shape index (κ2) is 6.92. The van der Waals surface area contributed by atoms with Crippen LogP contribution < -0.4 is 0 Å². The van der Waals surface area contributed by atoms with Crippen LogP contribution in [0.15, 0.2) is 41.1 Å². The number of aromatic nitrogens is 3. The van der Waals surface area contributed by atoms with Gasteiger partial charge < -0.3 is 14.4 Å². The van der Waals surface area contributed by atoms with Crippen LogP contribution in [-0.2, 0) is 0 Å². The molecule has 1 aromatic carbocycles. The van der Waals surface area contributed by atoms with Crippen LogP contribution >= 0.6 is 11.6 Å². The lowest BCUT2D eigenvalue weighted by Gasteiger charge is -2.31. The number of nitrogens with one attached hydrogen (secondary N) is 1. The topological polar surface area (TPSA) is 75.0 Å². The van der Waals surface area contributed by atoms with Crippen molar-refractivity contribution in [1.82, 2.24) is 20.0 Å². The van der Waals surface area contributed by atoms with E-state index in [0.717, 1.165) is 12.8 Å². The van der Waals surface area contributed by atoms with Gasteiger partial charge in [-0.2, -0.15) is 4.98 Å². The van der Waals surface area contributed by atoms with Crippen LogP contribution in [-0.4, -0.2) is 39.0 Å². The van der Waals surface area contributed by atoms with Crippen molar-refractivity contribution in [3.63, 3.8) is 0 Å². The van der Waals surface area contributed by atoms with E-state index in [1.165, 1.54) is 24.3 Å². The predicted molar refractivity (Wildman–Crippen MR) is 93.4 cm³/mol. The second-order valence-corrected chi connectivity index (χ2v) is 6.72. The molecule has 0 spiro atoms. The molecule has 2 aromatic heterocycles. The minimum atomic E-state index is -0.360. The molecule has 0 bridgehead atoms. The predicted octanol–water partition coefficient (Wildman–Crippen LogP) is 3.88. The Balaban J connectivity index is 1.49.